The number of carbonyl (C=O) groups excluding carboxylic acids is 2. The summed E-state index contributed by atoms with van der Waals surface area (Å²) < 4.78 is 11.6. The molecule has 0 spiro atoms. The Morgan fingerprint density at radius 1 is 1.24 bits per heavy atom. The molecular weight excluding hydrogens is 454 g/mol. The van der Waals surface area contributed by atoms with E-state index in [1.54, 1.807) is 48.7 Å². The predicted octanol–water partition coefficient (Wildman–Crippen LogP) is 3.07. The van der Waals surface area contributed by atoms with Crippen LogP contribution in [0.1, 0.15) is 29.7 Å². The fraction of sp³-hybridized carbons (Fsp3) is 0.400. The van der Waals surface area contributed by atoms with Gasteiger partial charge in [0.1, 0.15) is 12.3 Å². The van der Waals surface area contributed by atoms with Gasteiger partial charge in [-0.3, -0.25) is 4.79 Å². The maximum atomic E-state index is 13.5. The Balaban J connectivity index is 1.32. The molecule has 34 heavy (non-hydrogen) atoms. The van der Waals surface area contributed by atoms with Gasteiger partial charge in [-0.1, -0.05) is 35.5 Å². The van der Waals surface area contributed by atoms with E-state index in [0.717, 1.165) is 25.9 Å². The highest BCUT2D eigenvalue weighted by atomic mass is 32.1. The van der Waals surface area contributed by atoms with Crippen molar-refractivity contribution in [3.05, 3.63) is 70.1 Å². The molecule has 2 bridgehead atoms. The van der Waals surface area contributed by atoms with E-state index in [9.17, 15) is 14.7 Å². The van der Waals surface area contributed by atoms with E-state index in [0.29, 0.717) is 33.7 Å². The third kappa shape index (κ3) is 4.26. The van der Waals surface area contributed by atoms with Crippen molar-refractivity contribution in [2.75, 3.05) is 31.5 Å². The smallest absolute Gasteiger partial charge is 0.348 e. The molecule has 5 heterocycles. The zero-order valence-electron chi connectivity index (χ0n) is 19.0. The van der Waals surface area contributed by atoms with Gasteiger partial charge in [-0.2, -0.15) is 11.3 Å². The van der Waals surface area contributed by atoms with Crippen molar-refractivity contribution in [2.24, 2.45) is 5.92 Å². The first-order valence-corrected chi connectivity index (χ1v) is 12.4. The zero-order valence-corrected chi connectivity index (χ0v) is 19.8. The van der Waals surface area contributed by atoms with Gasteiger partial charge >= 0.3 is 5.97 Å². The summed E-state index contributed by atoms with van der Waals surface area (Å²) in [6, 6.07) is 12.3. The molecule has 8 nitrogen and oxygen atoms in total. The Morgan fingerprint density at radius 3 is 2.65 bits per heavy atom. The highest BCUT2D eigenvalue weighted by molar-refractivity contribution is 7.08. The normalized spacial score (nSPS) is 25.5. The lowest BCUT2D eigenvalue weighted by atomic mass is 9.82. The van der Waals surface area contributed by atoms with E-state index in [4.69, 9.17) is 9.26 Å². The molecule has 6 rings (SSSR count). The molecule has 3 aliphatic heterocycles. The molecular formula is C25H28N3O5S+. The number of nitrogens with zero attached hydrogens (tertiary/aromatic N) is 2. The summed E-state index contributed by atoms with van der Waals surface area (Å²) in [5, 5.41) is 21.9. The number of piperidine rings is 3. The predicted molar refractivity (Wildman–Crippen MR) is 126 cm³/mol. The van der Waals surface area contributed by atoms with Gasteiger partial charge in [-0.15, -0.1) is 0 Å². The summed E-state index contributed by atoms with van der Waals surface area (Å²) in [6.07, 6.45) is 1.39. The molecule has 1 unspecified atom stereocenters. The van der Waals surface area contributed by atoms with Crippen LogP contribution in [0.5, 0.6) is 0 Å². The minimum absolute atomic E-state index is 0.141. The lowest BCUT2D eigenvalue weighted by molar-refractivity contribution is -0.939. The molecule has 0 saturated carbocycles. The van der Waals surface area contributed by atoms with Gasteiger partial charge in [0.05, 0.1) is 13.1 Å². The maximum absolute atomic E-state index is 13.5. The minimum Gasteiger partial charge on any atom is -0.453 e. The summed E-state index contributed by atoms with van der Waals surface area (Å²) in [5.41, 5.74) is -0.896. The SMILES string of the molecule is Cc1cc(NC(=O)C[N+]23CCC(CC2)[C@@H](OC(=O)C(O)(c2ccccc2)c2ccsc2)C3)no1. The minimum atomic E-state index is -1.87. The highest BCUT2D eigenvalue weighted by Gasteiger charge is 2.51. The molecule has 2 aromatic heterocycles. The third-order valence-corrected chi connectivity index (χ3v) is 7.78. The Morgan fingerprint density at radius 2 is 2.00 bits per heavy atom. The average Bonchev–Trinajstić information content (AvgIpc) is 3.52. The number of aliphatic hydroxyl groups is 1. The van der Waals surface area contributed by atoms with Crippen LogP contribution in [0.2, 0.25) is 0 Å². The van der Waals surface area contributed by atoms with Gasteiger partial charge in [-0.25, -0.2) is 4.79 Å². The van der Waals surface area contributed by atoms with Crippen LogP contribution < -0.4 is 5.32 Å². The van der Waals surface area contributed by atoms with Crippen LogP contribution in [0.25, 0.3) is 0 Å². The van der Waals surface area contributed by atoms with Gasteiger partial charge < -0.3 is 24.2 Å². The van der Waals surface area contributed by atoms with E-state index in [-0.39, 0.29) is 24.5 Å². The quantitative estimate of drug-likeness (QED) is 0.396. The summed E-state index contributed by atoms with van der Waals surface area (Å²) in [5.74, 6) is 0.450. The number of nitrogens with one attached hydrogen (secondary N) is 1. The molecule has 3 aromatic rings. The number of esters is 1. The standard InChI is InChI=1S/C25H27N3O5S/c1-17-13-22(27-33-17)26-23(29)15-28-10-7-18(8-11-28)21(14-28)32-24(30)25(31,20-9-12-34-16-20)19-5-3-2-4-6-19/h2-6,9,12-13,16,18,21,31H,7-8,10-11,14-15H2,1H3/p+1/t18?,21-,25?,28?/m0/s1. The van der Waals surface area contributed by atoms with Crippen molar-refractivity contribution in [1.82, 2.24) is 5.16 Å². The van der Waals surface area contributed by atoms with E-state index in [2.05, 4.69) is 10.5 Å². The summed E-state index contributed by atoms with van der Waals surface area (Å²) >= 11 is 1.42. The van der Waals surface area contributed by atoms with E-state index < -0.39 is 11.6 Å². The van der Waals surface area contributed by atoms with Crippen molar-refractivity contribution < 1.29 is 28.4 Å². The molecule has 178 valence electrons. The van der Waals surface area contributed by atoms with Gasteiger partial charge in [0, 0.05) is 30.4 Å². The molecule has 1 aromatic carbocycles. The van der Waals surface area contributed by atoms with E-state index >= 15 is 0 Å². The first kappa shape index (κ1) is 22.8. The Kier molecular flexibility index (Phi) is 6.01. The van der Waals surface area contributed by atoms with Crippen LogP contribution in [-0.4, -0.2) is 58.9 Å². The second-order valence-electron chi connectivity index (χ2n) is 9.37. The lowest BCUT2D eigenvalue weighted by Gasteiger charge is -2.51. The molecule has 3 aliphatic rings. The molecule has 3 saturated heterocycles. The topological polar surface area (TPSA) is 102 Å². The largest absolute Gasteiger partial charge is 0.453 e. The number of amides is 1. The van der Waals surface area contributed by atoms with Gasteiger partial charge in [0.25, 0.3) is 5.91 Å². The monoisotopic (exact) mass is 482 g/mol. The molecule has 9 heteroatoms. The van der Waals surface area contributed by atoms with E-state index in [1.165, 1.54) is 11.3 Å². The molecule has 2 atom stereocenters. The summed E-state index contributed by atoms with van der Waals surface area (Å²) in [4.78, 5) is 26.3. The molecule has 0 aliphatic carbocycles. The number of carbonyl (C=O) groups is 2. The number of aryl methyl sites for hydroxylation is 1. The number of rotatable bonds is 7. The van der Waals surface area contributed by atoms with E-state index in [1.807, 2.05) is 11.4 Å². The summed E-state index contributed by atoms with van der Waals surface area (Å²) in [7, 11) is 0. The van der Waals surface area contributed by atoms with Crippen LogP contribution in [-0.2, 0) is 19.9 Å². The van der Waals surface area contributed by atoms with Crippen LogP contribution in [0.3, 0.4) is 0 Å². The first-order valence-electron chi connectivity index (χ1n) is 11.5. The third-order valence-electron chi connectivity index (χ3n) is 7.10. The fourth-order valence-corrected chi connectivity index (χ4v) is 5.96. The van der Waals surface area contributed by atoms with Crippen LogP contribution in [0.4, 0.5) is 5.82 Å². The Hall–Kier alpha value is -3.01. The van der Waals surface area contributed by atoms with Crippen molar-refractivity contribution >= 4 is 29.0 Å². The number of hydrogen-bond acceptors (Lipinski definition) is 7. The molecule has 0 radical (unpaired) electrons. The number of aromatic nitrogens is 1. The molecule has 1 amide bonds. The van der Waals surface area contributed by atoms with Crippen LogP contribution in [0, 0.1) is 12.8 Å². The second kappa shape index (κ2) is 8.98. The highest BCUT2D eigenvalue weighted by Crippen LogP contribution is 2.38. The number of ether oxygens (including phenoxy) is 1. The first-order chi connectivity index (χ1) is 16.4. The molecule has 2 N–H and O–H groups in total. The number of fused-ring (bicyclic) bond motifs is 3. The zero-order chi connectivity index (χ0) is 23.8. The molecule has 3 fully saturated rings. The Labute approximate surface area is 201 Å². The second-order valence-corrected chi connectivity index (χ2v) is 10.2. The van der Waals surface area contributed by atoms with Crippen LogP contribution in [0.15, 0.2) is 57.7 Å². The van der Waals surface area contributed by atoms with Crippen molar-refractivity contribution in [2.45, 2.75) is 31.5 Å². The number of anilines is 1. The Bertz CT molecular complexity index is 1150. The number of quaternary nitrogens is 1. The maximum Gasteiger partial charge on any atom is 0.348 e. The number of benzene rings is 1. The number of thiophene rings is 1. The fourth-order valence-electron chi connectivity index (χ4n) is 5.26. The van der Waals surface area contributed by atoms with Gasteiger partial charge in [0.2, 0.25) is 5.60 Å². The van der Waals surface area contributed by atoms with Crippen molar-refractivity contribution in [3.63, 3.8) is 0 Å². The van der Waals surface area contributed by atoms with Crippen molar-refractivity contribution in [3.8, 4) is 0 Å². The van der Waals surface area contributed by atoms with Crippen LogP contribution >= 0.6 is 11.3 Å². The lowest BCUT2D eigenvalue weighted by Crippen LogP contribution is -2.66. The van der Waals surface area contributed by atoms with Gasteiger partial charge in [-0.05, 0) is 29.3 Å². The average molecular weight is 483 g/mol. The summed E-state index contributed by atoms with van der Waals surface area (Å²) in [6.45, 7) is 4.32. The number of hydrogen-bond donors (Lipinski definition) is 2. The van der Waals surface area contributed by atoms with Crippen molar-refractivity contribution in [1.29, 1.82) is 0 Å². The van der Waals surface area contributed by atoms with Gasteiger partial charge in [0.15, 0.2) is 18.5 Å².